The SMILES string of the molecule is O=C(CCC(=O)OCCS(=O)(=O)O)NC(=O)c1cc(I)cc(I)c1I. The van der Waals surface area contributed by atoms with Gasteiger partial charge in [0.25, 0.3) is 16.0 Å². The predicted octanol–water partition coefficient (Wildman–Crippen LogP) is 1.97. The number of ether oxygens (including phenoxy) is 1. The van der Waals surface area contributed by atoms with Gasteiger partial charge in [0.2, 0.25) is 5.91 Å². The fourth-order valence-electron chi connectivity index (χ4n) is 1.53. The summed E-state index contributed by atoms with van der Waals surface area (Å²) >= 11 is 6.16. The molecule has 0 unspecified atom stereocenters. The summed E-state index contributed by atoms with van der Waals surface area (Å²) < 4.78 is 36.4. The van der Waals surface area contributed by atoms with Gasteiger partial charge in [-0.3, -0.25) is 24.3 Å². The minimum absolute atomic E-state index is 0.284. The molecule has 1 aromatic rings. The van der Waals surface area contributed by atoms with Gasteiger partial charge in [0.05, 0.1) is 12.0 Å². The Morgan fingerprint density at radius 2 is 1.76 bits per heavy atom. The highest BCUT2D eigenvalue weighted by atomic mass is 127. The minimum atomic E-state index is -4.21. The van der Waals surface area contributed by atoms with Gasteiger partial charge in [0.1, 0.15) is 12.4 Å². The number of carbonyl (C=O) groups is 3. The van der Waals surface area contributed by atoms with E-state index in [1.165, 1.54) is 0 Å². The van der Waals surface area contributed by atoms with Crippen LogP contribution in [0.1, 0.15) is 23.2 Å². The summed E-state index contributed by atoms with van der Waals surface area (Å²) in [5.41, 5.74) is 0.362. The fraction of sp³-hybridized carbons (Fsp3) is 0.308. The smallest absolute Gasteiger partial charge is 0.306 e. The molecular weight excluding hydrogens is 695 g/mol. The molecule has 0 bridgehead atoms. The van der Waals surface area contributed by atoms with E-state index in [2.05, 4.69) is 55.2 Å². The predicted molar refractivity (Wildman–Crippen MR) is 114 cm³/mol. The number of hydrogen-bond acceptors (Lipinski definition) is 6. The van der Waals surface area contributed by atoms with Crippen molar-refractivity contribution in [3.63, 3.8) is 0 Å². The second-order valence-corrected chi connectivity index (χ2v) is 9.69. The summed E-state index contributed by atoms with van der Waals surface area (Å²) in [5.74, 6) is -2.73. The maximum absolute atomic E-state index is 12.2. The van der Waals surface area contributed by atoms with Crippen molar-refractivity contribution in [2.24, 2.45) is 0 Å². The van der Waals surface area contributed by atoms with Crippen LogP contribution in [0.2, 0.25) is 0 Å². The normalized spacial score (nSPS) is 11.0. The number of benzene rings is 1. The van der Waals surface area contributed by atoms with E-state index in [4.69, 9.17) is 4.55 Å². The average Bonchev–Trinajstić information content (AvgIpc) is 2.47. The van der Waals surface area contributed by atoms with Gasteiger partial charge in [-0.05, 0) is 79.9 Å². The monoisotopic (exact) mass is 707 g/mol. The molecule has 0 spiro atoms. The van der Waals surface area contributed by atoms with Crippen LogP contribution in [0.5, 0.6) is 0 Å². The first kappa shape index (κ1) is 23.0. The van der Waals surface area contributed by atoms with E-state index >= 15 is 0 Å². The molecule has 0 atom stereocenters. The van der Waals surface area contributed by atoms with Crippen LogP contribution in [0.3, 0.4) is 0 Å². The summed E-state index contributed by atoms with van der Waals surface area (Å²) in [7, 11) is -4.21. The molecule has 12 heteroatoms. The highest BCUT2D eigenvalue weighted by molar-refractivity contribution is 14.1. The van der Waals surface area contributed by atoms with Crippen molar-refractivity contribution in [2.45, 2.75) is 12.8 Å². The summed E-state index contributed by atoms with van der Waals surface area (Å²) in [6.07, 6.45) is -0.598. The zero-order chi connectivity index (χ0) is 19.2. The van der Waals surface area contributed by atoms with Crippen LogP contribution in [-0.2, 0) is 24.4 Å². The Bertz CT molecular complexity index is 795. The molecule has 8 nitrogen and oxygen atoms in total. The van der Waals surface area contributed by atoms with E-state index in [9.17, 15) is 22.8 Å². The second-order valence-electron chi connectivity index (χ2n) is 4.63. The average molecular weight is 707 g/mol. The molecule has 0 heterocycles. The fourth-order valence-corrected chi connectivity index (χ4v) is 4.22. The number of imide groups is 1. The Morgan fingerprint density at radius 1 is 1.12 bits per heavy atom. The van der Waals surface area contributed by atoms with Gasteiger partial charge < -0.3 is 4.74 Å². The van der Waals surface area contributed by atoms with Crippen LogP contribution in [0.15, 0.2) is 12.1 Å². The molecule has 2 N–H and O–H groups in total. The summed E-state index contributed by atoms with van der Waals surface area (Å²) in [4.78, 5) is 35.3. The lowest BCUT2D eigenvalue weighted by molar-refractivity contribution is -0.144. The lowest BCUT2D eigenvalue weighted by Crippen LogP contribution is -2.31. The molecule has 0 saturated carbocycles. The molecule has 0 aliphatic carbocycles. The Morgan fingerprint density at radius 3 is 2.36 bits per heavy atom. The van der Waals surface area contributed by atoms with Gasteiger partial charge in [0.15, 0.2) is 0 Å². The third kappa shape index (κ3) is 8.91. The van der Waals surface area contributed by atoms with Crippen LogP contribution in [0.4, 0.5) is 0 Å². The van der Waals surface area contributed by atoms with Crippen molar-refractivity contribution >= 4 is 95.7 Å². The molecule has 0 radical (unpaired) electrons. The number of nitrogens with one attached hydrogen (secondary N) is 1. The lowest BCUT2D eigenvalue weighted by Gasteiger charge is -2.08. The van der Waals surface area contributed by atoms with Crippen molar-refractivity contribution in [1.29, 1.82) is 0 Å². The third-order valence-electron chi connectivity index (χ3n) is 2.65. The number of halogens is 3. The summed E-state index contributed by atoms with van der Waals surface area (Å²) in [6.45, 7) is -0.503. The first-order valence-corrected chi connectivity index (χ1v) is 11.4. The summed E-state index contributed by atoms with van der Waals surface area (Å²) in [6, 6.07) is 3.54. The Balaban J connectivity index is 2.49. The van der Waals surface area contributed by atoms with Gasteiger partial charge in [-0.25, -0.2) is 0 Å². The second kappa shape index (κ2) is 10.3. The van der Waals surface area contributed by atoms with Crippen molar-refractivity contribution in [3.8, 4) is 0 Å². The molecule has 0 aliphatic rings. The quantitative estimate of drug-likeness (QED) is 0.192. The molecule has 0 aromatic heterocycles. The Labute approximate surface area is 185 Å². The van der Waals surface area contributed by atoms with Crippen LogP contribution in [0, 0.1) is 10.7 Å². The molecule has 0 fully saturated rings. The maximum Gasteiger partial charge on any atom is 0.306 e. The topological polar surface area (TPSA) is 127 Å². The molecular formula is C13H12I3NO7S. The summed E-state index contributed by atoms with van der Waals surface area (Å²) in [5, 5.41) is 2.19. The van der Waals surface area contributed by atoms with Gasteiger partial charge in [-0.1, -0.05) is 0 Å². The van der Waals surface area contributed by atoms with E-state index in [1.54, 1.807) is 6.07 Å². The molecule has 1 aromatic carbocycles. The minimum Gasteiger partial charge on any atom is -0.464 e. The van der Waals surface area contributed by atoms with Crippen LogP contribution >= 0.6 is 67.8 Å². The van der Waals surface area contributed by atoms with Crippen molar-refractivity contribution in [1.82, 2.24) is 5.32 Å². The number of carbonyl (C=O) groups excluding carboxylic acids is 3. The first-order chi connectivity index (χ1) is 11.5. The highest BCUT2D eigenvalue weighted by Crippen LogP contribution is 2.22. The van der Waals surface area contributed by atoms with E-state index < -0.39 is 40.3 Å². The van der Waals surface area contributed by atoms with Gasteiger partial charge in [0, 0.05) is 17.1 Å². The van der Waals surface area contributed by atoms with Crippen molar-refractivity contribution in [2.75, 3.05) is 12.4 Å². The largest absolute Gasteiger partial charge is 0.464 e. The van der Waals surface area contributed by atoms with Gasteiger partial charge in [-0.15, -0.1) is 0 Å². The van der Waals surface area contributed by atoms with E-state index in [-0.39, 0.29) is 12.8 Å². The van der Waals surface area contributed by atoms with Gasteiger partial charge in [-0.2, -0.15) is 8.42 Å². The third-order valence-corrected chi connectivity index (χ3v) is 7.00. The zero-order valence-corrected chi connectivity index (χ0v) is 19.7. The molecule has 0 aliphatic heterocycles. The number of amides is 2. The van der Waals surface area contributed by atoms with Crippen molar-refractivity contribution in [3.05, 3.63) is 28.4 Å². The highest BCUT2D eigenvalue weighted by Gasteiger charge is 2.17. The number of esters is 1. The lowest BCUT2D eigenvalue weighted by atomic mass is 10.2. The molecule has 25 heavy (non-hydrogen) atoms. The maximum atomic E-state index is 12.2. The van der Waals surface area contributed by atoms with Crippen LogP contribution in [0.25, 0.3) is 0 Å². The Hall–Kier alpha value is -0.0700. The van der Waals surface area contributed by atoms with Crippen LogP contribution < -0.4 is 5.32 Å². The molecule has 2 amide bonds. The van der Waals surface area contributed by atoms with E-state index in [0.717, 1.165) is 7.14 Å². The standard InChI is InChI=1S/C13H12I3NO7S/c14-7-5-8(12(16)9(15)6-7)13(20)17-10(18)1-2-11(19)24-3-4-25(21,22)23/h5-6H,1-4H2,(H,17,18,20)(H,21,22,23). The zero-order valence-electron chi connectivity index (χ0n) is 12.4. The molecule has 1 rings (SSSR count). The van der Waals surface area contributed by atoms with E-state index in [0.29, 0.717) is 9.13 Å². The van der Waals surface area contributed by atoms with Gasteiger partial charge >= 0.3 is 5.97 Å². The molecule has 138 valence electrons. The molecule has 0 saturated heterocycles. The van der Waals surface area contributed by atoms with Crippen molar-refractivity contribution < 1.29 is 32.1 Å². The number of hydrogen-bond donors (Lipinski definition) is 2. The van der Waals surface area contributed by atoms with E-state index in [1.807, 2.05) is 28.7 Å². The number of rotatable bonds is 7. The Kier molecular flexibility index (Phi) is 9.47. The first-order valence-electron chi connectivity index (χ1n) is 6.59. The van der Waals surface area contributed by atoms with Crippen LogP contribution in [-0.4, -0.2) is 43.1 Å².